The summed E-state index contributed by atoms with van der Waals surface area (Å²) in [6.07, 6.45) is 7.72. The van der Waals surface area contributed by atoms with Crippen LogP contribution in [0.2, 0.25) is 0 Å². The zero-order valence-corrected chi connectivity index (χ0v) is 13.0. The van der Waals surface area contributed by atoms with Gasteiger partial charge in [-0.3, -0.25) is 4.90 Å². The molecule has 0 aromatic rings. The van der Waals surface area contributed by atoms with Gasteiger partial charge in [-0.25, -0.2) is 0 Å². The summed E-state index contributed by atoms with van der Waals surface area (Å²) in [5.74, 6) is 2.59. The molecule has 4 heteroatoms. The molecule has 0 saturated carbocycles. The van der Waals surface area contributed by atoms with E-state index in [0.29, 0.717) is 0 Å². The van der Waals surface area contributed by atoms with Gasteiger partial charge in [0.05, 0.1) is 5.60 Å². The van der Waals surface area contributed by atoms with Gasteiger partial charge in [0.1, 0.15) is 0 Å². The van der Waals surface area contributed by atoms with Crippen LogP contribution < -0.4 is 5.32 Å². The highest BCUT2D eigenvalue weighted by Gasteiger charge is 2.40. The molecule has 19 heavy (non-hydrogen) atoms. The van der Waals surface area contributed by atoms with Gasteiger partial charge in [0.25, 0.3) is 0 Å². The number of piperidine rings is 1. The van der Waals surface area contributed by atoms with Crippen molar-refractivity contribution in [2.24, 2.45) is 0 Å². The van der Waals surface area contributed by atoms with Gasteiger partial charge in [-0.1, -0.05) is 0 Å². The van der Waals surface area contributed by atoms with Gasteiger partial charge in [0, 0.05) is 25.2 Å². The van der Waals surface area contributed by atoms with E-state index < -0.39 is 0 Å². The molecule has 110 valence electrons. The van der Waals surface area contributed by atoms with Gasteiger partial charge in [0.2, 0.25) is 0 Å². The molecule has 3 saturated heterocycles. The minimum atomic E-state index is 0.227. The average molecular weight is 284 g/mol. The smallest absolute Gasteiger partial charge is 0.0713 e. The third-order valence-corrected chi connectivity index (χ3v) is 6.28. The average Bonchev–Trinajstić information content (AvgIpc) is 2.48. The molecule has 3 heterocycles. The maximum atomic E-state index is 6.22. The Labute approximate surface area is 121 Å². The van der Waals surface area contributed by atoms with Crippen LogP contribution in [0.3, 0.4) is 0 Å². The van der Waals surface area contributed by atoms with Crippen molar-refractivity contribution in [3.63, 3.8) is 0 Å². The van der Waals surface area contributed by atoms with E-state index in [-0.39, 0.29) is 5.60 Å². The van der Waals surface area contributed by atoms with E-state index in [4.69, 9.17) is 4.74 Å². The summed E-state index contributed by atoms with van der Waals surface area (Å²) >= 11 is 2.10. The molecule has 0 aromatic carbocycles. The quantitative estimate of drug-likeness (QED) is 0.839. The van der Waals surface area contributed by atoms with Crippen LogP contribution in [-0.2, 0) is 4.74 Å². The van der Waals surface area contributed by atoms with Crippen molar-refractivity contribution in [1.29, 1.82) is 0 Å². The number of rotatable bonds is 2. The topological polar surface area (TPSA) is 24.5 Å². The van der Waals surface area contributed by atoms with E-state index >= 15 is 0 Å². The number of hydrogen-bond donors (Lipinski definition) is 1. The lowest BCUT2D eigenvalue weighted by molar-refractivity contribution is -0.112. The molecule has 3 aliphatic heterocycles. The van der Waals surface area contributed by atoms with Gasteiger partial charge in [-0.05, 0) is 63.6 Å². The van der Waals surface area contributed by atoms with E-state index in [1.165, 1.54) is 63.1 Å². The van der Waals surface area contributed by atoms with Crippen LogP contribution >= 0.6 is 11.8 Å². The molecule has 0 radical (unpaired) electrons. The monoisotopic (exact) mass is 284 g/mol. The molecule has 0 bridgehead atoms. The number of nitrogens with one attached hydrogen (secondary N) is 1. The number of thioether (sulfide) groups is 1. The lowest BCUT2D eigenvalue weighted by atomic mass is 9.84. The van der Waals surface area contributed by atoms with Crippen molar-refractivity contribution in [1.82, 2.24) is 10.2 Å². The van der Waals surface area contributed by atoms with Crippen molar-refractivity contribution >= 4 is 11.8 Å². The Balaban J connectivity index is 1.60. The van der Waals surface area contributed by atoms with Gasteiger partial charge in [0.15, 0.2) is 0 Å². The summed E-state index contributed by atoms with van der Waals surface area (Å²) in [5, 5.41) is 3.55. The van der Waals surface area contributed by atoms with Gasteiger partial charge < -0.3 is 10.1 Å². The molecule has 0 amide bonds. The van der Waals surface area contributed by atoms with E-state index in [0.717, 1.165) is 18.7 Å². The minimum absolute atomic E-state index is 0.227. The molecule has 0 aromatic heterocycles. The van der Waals surface area contributed by atoms with Crippen LogP contribution in [0, 0.1) is 0 Å². The summed E-state index contributed by atoms with van der Waals surface area (Å²) in [5.41, 5.74) is 0.227. The highest BCUT2D eigenvalue weighted by molar-refractivity contribution is 7.99. The second-order valence-corrected chi connectivity index (χ2v) is 7.68. The number of likely N-dealkylation sites (N-methyl/N-ethyl adjacent to an activating group) is 1. The number of nitrogens with zero attached hydrogens (tertiary/aromatic N) is 1. The number of ether oxygens (including phenoxy) is 1. The maximum Gasteiger partial charge on any atom is 0.0713 e. The summed E-state index contributed by atoms with van der Waals surface area (Å²) in [7, 11) is 2.35. The van der Waals surface area contributed by atoms with Crippen LogP contribution in [0.1, 0.15) is 38.5 Å². The fourth-order valence-electron chi connectivity index (χ4n) is 3.92. The molecule has 2 unspecified atom stereocenters. The molecule has 3 aliphatic rings. The molecule has 2 atom stereocenters. The van der Waals surface area contributed by atoms with Crippen LogP contribution in [-0.4, -0.2) is 60.8 Å². The van der Waals surface area contributed by atoms with Gasteiger partial charge >= 0.3 is 0 Å². The largest absolute Gasteiger partial charge is 0.375 e. The first-order chi connectivity index (χ1) is 9.29. The highest BCUT2D eigenvalue weighted by atomic mass is 32.2. The van der Waals surface area contributed by atoms with Crippen molar-refractivity contribution in [3.8, 4) is 0 Å². The van der Waals surface area contributed by atoms with Crippen molar-refractivity contribution in [3.05, 3.63) is 0 Å². The normalized spacial score (nSPS) is 35.7. The predicted octanol–water partition coefficient (Wildman–Crippen LogP) is 2.11. The van der Waals surface area contributed by atoms with Crippen LogP contribution in [0.5, 0.6) is 0 Å². The van der Waals surface area contributed by atoms with E-state index in [1.807, 2.05) is 0 Å². The Hall–Kier alpha value is 0.230. The summed E-state index contributed by atoms with van der Waals surface area (Å²) in [6, 6.07) is 1.48. The van der Waals surface area contributed by atoms with Crippen molar-refractivity contribution in [2.45, 2.75) is 56.2 Å². The lowest BCUT2D eigenvalue weighted by Crippen LogP contribution is -2.54. The first kappa shape index (κ1) is 14.2. The van der Waals surface area contributed by atoms with Gasteiger partial charge in [-0.2, -0.15) is 11.8 Å². The summed E-state index contributed by atoms with van der Waals surface area (Å²) in [6.45, 7) is 3.36. The molecule has 0 aliphatic carbocycles. The van der Waals surface area contributed by atoms with Crippen molar-refractivity contribution in [2.75, 3.05) is 38.2 Å². The van der Waals surface area contributed by atoms with E-state index in [1.54, 1.807) is 0 Å². The third-order valence-electron chi connectivity index (χ3n) is 5.29. The fourth-order valence-corrected chi connectivity index (χ4v) is 5.16. The Morgan fingerprint density at radius 3 is 2.79 bits per heavy atom. The molecule has 3 fully saturated rings. The van der Waals surface area contributed by atoms with Gasteiger partial charge in [-0.15, -0.1) is 0 Å². The first-order valence-corrected chi connectivity index (χ1v) is 9.09. The molecule has 3 rings (SSSR count). The lowest BCUT2D eigenvalue weighted by Gasteiger charge is -2.47. The molecule has 3 nitrogen and oxygen atoms in total. The van der Waals surface area contributed by atoms with E-state index in [9.17, 15) is 0 Å². The summed E-state index contributed by atoms with van der Waals surface area (Å²) < 4.78 is 6.22. The third kappa shape index (κ3) is 3.29. The molecule has 1 N–H and O–H groups in total. The van der Waals surface area contributed by atoms with Crippen molar-refractivity contribution < 1.29 is 4.74 Å². The Bertz CT molecular complexity index is 282. The fraction of sp³-hybridized carbons (Fsp3) is 1.00. The standard InChI is InChI=1S/C15H28N2OS/c1-17(14-3-2-7-16-12-14)13-4-8-18-15(11-13)5-9-19-10-6-15/h13-14,16H,2-12H2,1H3. The Morgan fingerprint density at radius 1 is 1.21 bits per heavy atom. The predicted molar refractivity (Wildman–Crippen MR) is 81.9 cm³/mol. The van der Waals surface area contributed by atoms with Crippen LogP contribution in [0.15, 0.2) is 0 Å². The first-order valence-electron chi connectivity index (χ1n) is 7.93. The SMILES string of the molecule is CN(C1CCCNC1)C1CCOC2(CCSCC2)C1. The molecule has 1 spiro atoms. The second-order valence-electron chi connectivity index (χ2n) is 6.46. The molecular weight excluding hydrogens is 256 g/mol. The highest BCUT2D eigenvalue weighted by Crippen LogP contribution is 2.39. The maximum absolute atomic E-state index is 6.22. The van der Waals surface area contributed by atoms with E-state index in [2.05, 4.69) is 29.0 Å². The zero-order valence-electron chi connectivity index (χ0n) is 12.2. The summed E-state index contributed by atoms with van der Waals surface area (Å²) in [4.78, 5) is 2.66. The molecular formula is C15H28N2OS. The Morgan fingerprint density at radius 2 is 2.05 bits per heavy atom. The second kappa shape index (κ2) is 6.33. The number of hydrogen-bond acceptors (Lipinski definition) is 4. The van der Waals surface area contributed by atoms with Crippen LogP contribution in [0.25, 0.3) is 0 Å². The van der Waals surface area contributed by atoms with Crippen LogP contribution in [0.4, 0.5) is 0 Å². The minimum Gasteiger partial charge on any atom is -0.375 e. The zero-order chi connectivity index (χ0) is 13.1. The Kier molecular flexibility index (Phi) is 4.73.